The minimum absolute atomic E-state index is 0.380. The molecular formula is C13H20N2OS. The largest absolute Gasteiger partial charge is 0.389 e. The zero-order chi connectivity index (χ0) is 13.0. The van der Waals surface area contributed by atoms with Gasteiger partial charge in [-0.3, -0.25) is 0 Å². The molecule has 1 rings (SSSR count). The molecule has 0 radical (unpaired) electrons. The number of nitrogens with two attached hydrogens (primary N) is 1. The highest BCUT2D eigenvalue weighted by molar-refractivity contribution is 7.80. The summed E-state index contributed by atoms with van der Waals surface area (Å²) in [6, 6.07) is 7.84. The lowest BCUT2D eigenvalue weighted by atomic mass is 10.1. The maximum atomic E-state index is 10.1. The molecule has 0 spiro atoms. The number of thiocarbonyl (C=S) groups is 1. The lowest BCUT2D eigenvalue weighted by Gasteiger charge is -2.24. The van der Waals surface area contributed by atoms with Gasteiger partial charge in [-0.15, -0.1) is 0 Å². The SMILES string of the molecule is CC(C)N(C)CC(O)c1ccc(C(N)=S)cc1. The third-order valence-electron chi connectivity index (χ3n) is 2.92. The van der Waals surface area contributed by atoms with Gasteiger partial charge in [-0.05, 0) is 26.5 Å². The smallest absolute Gasteiger partial charge is 0.103 e. The molecule has 0 aliphatic rings. The lowest BCUT2D eigenvalue weighted by Crippen LogP contribution is -2.30. The van der Waals surface area contributed by atoms with E-state index in [-0.39, 0.29) is 0 Å². The third-order valence-corrected chi connectivity index (χ3v) is 3.16. The zero-order valence-electron chi connectivity index (χ0n) is 10.6. The molecule has 0 heterocycles. The molecule has 0 aliphatic heterocycles. The molecule has 0 saturated carbocycles. The van der Waals surface area contributed by atoms with E-state index in [1.165, 1.54) is 0 Å². The number of nitrogens with zero attached hydrogens (tertiary/aromatic N) is 1. The van der Waals surface area contributed by atoms with Crippen molar-refractivity contribution in [2.75, 3.05) is 13.6 Å². The van der Waals surface area contributed by atoms with Crippen LogP contribution in [0.2, 0.25) is 0 Å². The summed E-state index contributed by atoms with van der Waals surface area (Å²) in [5.41, 5.74) is 7.23. The highest BCUT2D eigenvalue weighted by Crippen LogP contribution is 2.15. The summed E-state index contributed by atoms with van der Waals surface area (Å²) in [6.07, 6.45) is -0.484. The Morgan fingerprint density at radius 1 is 1.35 bits per heavy atom. The minimum Gasteiger partial charge on any atom is -0.389 e. The molecule has 0 amide bonds. The van der Waals surface area contributed by atoms with Crippen molar-refractivity contribution in [1.82, 2.24) is 4.90 Å². The molecular weight excluding hydrogens is 232 g/mol. The number of hydrogen-bond donors (Lipinski definition) is 2. The molecule has 17 heavy (non-hydrogen) atoms. The minimum atomic E-state index is -0.484. The second-order valence-electron chi connectivity index (χ2n) is 4.54. The quantitative estimate of drug-likeness (QED) is 0.783. The molecule has 0 aromatic heterocycles. The van der Waals surface area contributed by atoms with Crippen molar-refractivity contribution in [1.29, 1.82) is 0 Å². The van der Waals surface area contributed by atoms with Gasteiger partial charge in [-0.1, -0.05) is 36.5 Å². The molecule has 94 valence electrons. The van der Waals surface area contributed by atoms with Crippen molar-refractivity contribution in [3.63, 3.8) is 0 Å². The van der Waals surface area contributed by atoms with Crippen LogP contribution >= 0.6 is 12.2 Å². The summed E-state index contributed by atoms with van der Waals surface area (Å²) in [5, 5.41) is 10.1. The van der Waals surface area contributed by atoms with E-state index in [1.807, 2.05) is 31.3 Å². The Morgan fingerprint density at radius 3 is 2.29 bits per heavy atom. The average molecular weight is 252 g/mol. The van der Waals surface area contributed by atoms with Crippen molar-refractivity contribution in [2.45, 2.75) is 26.0 Å². The maximum absolute atomic E-state index is 10.1. The van der Waals surface area contributed by atoms with Gasteiger partial charge in [0, 0.05) is 18.2 Å². The van der Waals surface area contributed by atoms with E-state index in [1.54, 1.807) is 0 Å². The first-order chi connectivity index (χ1) is 7.91. The number of aliphatic hydroxyl groups is 1. The normalized spacial score (nSPS) is 13.1. The van der Waals surface area contributed by atoms with Gasteiger partial charge in [-0.2, -0.15) is 0 Å². The molecule has 4 heteroatoms. The Kier molecular flexibility index (Phi) is 5.05. The summed E-state index contributed by atoms with van der Waals surface area (Å²) < 4.78 is 0. The average Bonchev–Trinajstić information content (AvgIpc) is 2.28. The Labute approximate surface area is 108 Å². The van der Waals surface area contributed by atoms with E-state index in [0.29, 0.717) is 17.6 Å². The van der Waals surface area contributed by atoms with Crippen molar-refractivity contribution >= 4 is 17.2 Å². The van der Waals surface area contributed by atoms with Crippen molar-refractivity contribution in [3.05, 3.63) is 35.4 Å². The fourth-order valence-corrected chi connectivity index (χ4v) is 1.59. The van der Waals surface area contributed by atoms with Gasteiger partial charge < -0.3 is 15.7 Å². The van der Waals surface area contributed by atoms with Crippen molar-refractivity contribution in [3.8, 4) is 0 Å². The first kappa shape index (κ1) is 14.1. The summed E-state index contributed by atoms with van der Waals surface area (Å²) in [6.45, 7) is 4.81. The highest BCUT2D eigenvalue weighted by Gasteiger charge is 2.12. The molecule has 0 saturated heterocycles. The first-order valence-corrected chi connectivity index (χ1v) is 6.10. The van der Waals surface area contributed by atoms with E-state index in [9.17, 15) is 5.11 Å². The highest BCUT2D eigenvalue weighted by atomic mass is 32.1. The number of likely N-dealkylation sites (N-methyl/N-ethyl adjacent to an activating group) is 1. The van der Waals surface area contributed by atoms with E-state index in [2.05, 4.69) is 18.7 Å². The van der Waals surface area contributed by atoms with E-state index in [0.717, 1.165) is 11.1 Å². The van der Waals surface area contributed by atoms with Crippen LogP contribution in [0.3, 0.4) is 0 Å². The standard InChI is InChI=1S/C13H20N2OS/c1-9(2)15(3)8-12(16)10-4-6-11(7-5-10)13(14)17/h4-7,9,12,16H,8H2,1-3H3,(H2,14,17). The van der Waals surface area contributed by atoms with Crippen molar-refractivity contribution < 1.29 is 5.11 Å². The summed E-state index contributed by atoms with van der Waals surface area (Å²) in [5.74, 6) is 0. The first-order valence-electron chi connectivity index (χ1n) is 5.70. The van der Waals surface area contributed by atoms with Crippen LogP contribution in [0.25, 0.3) is 0 Å². The van der Waals surface area contributed by atoms with E-state index >= 15 is 0 Å². The van der Waals surface area contributed by atoms with Gasteiger partial charge in [0.2, 0.25) is 0 Å². The Bertz CT molecular complexity index is 376. The molecule has 1 aromatic rings. The number of rotatable bonds is 5. The van der Waals surface area contributed by atoms with Gasteiger partial charge in [0.25, 0.3) is 0 Å². The maximum Gasteiger partial charge on any atom is 0.103 e. The third kappa shape index (κ3) is 4.07. The van der Waals surface area contributed by atoms with Gasteiger partial charge >= 0.3 is 0 Å². The van der Waals surface area contributed by atoms with Crippen LogP contribution in [0.4, 0.5) is 0 Å². The van der Waals surface area contributed by atoms with Gasteiger partial charge in [0.05, 0.1) is 6.10 Å². The predicted octanol–water partition coefficient (Wildman–Crippen LogP) is 1.69. The second-order valence-corrected chi connectivity index (χ2v) is 4.98. The van der Waals surface area contributed by atoms with E-state index < -0.39 is 6.10 Å². The Hall–Kier alpha value is -0.970. The molecule has 1 aromatic carbocycles. The number of hydrogen-bond acceptors (Lipinski definition) is 3. The second kappa shape index (κ2) is 6.10. The molecule has 0 aliphatic carbocycles. The summed E-state index contributed by atoms with van der Waals surface area (Å²) >= 11 is 4.88. The predicted molar refractivity (Wildman–Crippen MR) is 75.1 cm³/mol. The van der Waals surface area contributed by atoms with Gasteiger partial charge in [0.15, 0.2) is 0 Å². The Morgan fingerprint density at radius 2 is 1.88 bits per heavy atom. The Balaban J connectivity index is 2.69. The van der Waals surface area contributed by atoms with Crippen LogP contribution in [-0.4, -0.2) is 34.6 Å². The fraction of sp³-hybridized carbons (Fsp3) is 0.462. The van der Waals surface area contributed by atoms with Gasteiger partial charge in [-0.25, -0.2) is 0 Å². The van der Waals surface area contributed by atoms with Crippen LogP contribution in [0, 0.1) is 0 Å². The van der Waals surface area contributed by atoms with Crippen molar-refractivity contribution in [2.24, 2.45) is 5.73 Å². The van der Waals surface area contributed by atoms with Crippen LogP contribution < -0.4 is 5.73 Å². The summed E-state index contributed by atoms with van der Waals surface area (Å²) in [7, 11) is 2.00. The monoisotopic (exact) mass is 252 g/mol. The van der Waals surface area contributed by atoms with Crippen LogP contribution in [0.15, 0.2) is 24.3 Å². The molecule has 0 fully saturated rings. The molecule has 1 atom stereocenters. The number of benzene rings is 1. The van der Waals surface area contributed by atoms with E-state index in [4.69, 9.17) is 18.0 Å². The van der Waals surface area contributed by atoms with Crippen LogP contribution in [0.1, 0.15) is 31.1 Å². The molecule has 0 bridgehead atoms. The zero-order valence-corrected chi connectivity index (χ0v) is 11.4. The lowest BCUT2D eigenvalue weighted by molar-refractivity contribution is 0.112. The summed E-state index contributed by atoms with van der Waals surface area (Å²) in [4.78, 5) is 2.48. The van der Waals surface area contributed by atoms with Crippen LogP contribution in [0.5, 0.6) is 0 Å². The topological polar surface area (TPSA) is 49.5 Å². The molecule has 3 nitrogen and oxygen atoms in total. The van der Waals surface area contributed by atoms with Gasteiger partial charge in [0.1, 0.15) is 4.99 Å². The van der Waals surface area contributed by atoms with Crippen LogP contribution in [-0.2, 0) is 0 Å². The number of aliphatic hydroxyl groups excluding tert-OH is 1. The fourth-order valence-electron chi connectivity index (χ4n) is 1.46. The molecule has 3 N–H and O–H groups in total. The molecule has 1 unspecified atom stereocenters.